The van der Waals surface area contributed by atoms with Crippen molar-refractivity contribution in [1.29, 1.82) is 0 Å². The van der Waals surface area contributed by atoms with Crippen molar-refractivity contribution in [2.24, 2.45) is 5.41 Å². The number of hydrogen-bond acceptors (Lipinski definition) is 3. The van der Waals surface area contributed by atoms with Crippen molar-refractivity contribution < 1.29 is 14.2 Å². The van der Waals surface area contributed by atoms with Gasteiger partial charge in [-0.2, -0.15) is 0 Å². The van der Waals surface area contributed by atoms with Crippen molar-refractivity contribution >= 4 is 22.5 Å². The number of ether oxygens (including phenoxy) is 1. The zero-order valence-electron chi connectivity index (χ0n) is 18.6. The molecule has 0 spiro atoms. The molecule has 0 aliphatic heterocycles. The number of aryl methyl sites for hydroxylation is 1. The number of fused-ring (bicyclic) bond motifs is 1. The van der Waals surface area contributed by atoms with Crippen LogP contribution in [-0.4, -0.2) is 22.9 Å². The highest BCUT2D eigenvalue weighted by Crippen LogP contribution is 2.36. The molecule has 166 valence electrons. The lowest BCUT2D eigenvalue weighted by atomic mass is 9.86. The third-order valence-corrected chi connectivity index (χ3v) is 5.85. The fourth-order valence-corrected chi connectivity index (χ4v) is 4.14. The van der Waals surface area contributed by atoms with E-state index in [1.807, 2.05) is 38.3 Å². The first-order valence-corrected chi connectivity index (χ1v) is 10.8. The molecule has 0 saturated heterocycles. The molecule has 0 radical (unpaired) electrons. The Labute approximate surface area is 187 Å². The zero-order chi connectivity index (χ0) is 22.9. The summed E-state index contributed by atoms with van der Waals surface area (Å²) in [4.78, 5) is 13.1. The summed E-state index contributed by atoms with van der Waals surface area (Å²) in [5.74, 6) is 0.0780. The van der Waals surface area contributed by atoms with Crippen LogP contribution >= 0.6 is 11.6 Å². The molecule has 0 saturated carbocycles. The Balaban J connectivity index is 2.30. The van der Waals surface area contributed by atoms with Crippen LogP contribution in [0.1, 0.15) is 50.4 Å². The molecular formula is C25H29ClFNO3. The second kappa shape index (κ2) is 9.01. The van der Waals surface area contributed by atoms with Crippen molar-refractivity contribution in [3.63, 3.8) is 0 Å². The van der Waals surface area contributed by atoms with Gasteiger partial charge in [0.2, 0.25) is 0 Å². The molecular weight excluding hydrogens is 417 g/mol. The van der Waals surface area contributed by atoms with Crippen molar-refractivity contribution in [3.8, 4) is 5.75 Å². The van der Waals surface area contributed by atoms with Gasteiger partial charge in [0.15, 0.2) is 5.43 Å². The molecule has 1 atom stereocenters. The molecule has 4 nitrogen and oxygen atoms in total. The Morgan fingerprint density at radius 2 is 1.97 bits per heavy atom. The molecule has 1 aromatic heterocycles. The van der Waals surface area contributed by atoms with Crippen LogP contribution in [0.5, 0.6) is 5.75 Å². The second-order valence-electron chi connectivity index (χ2n) is 8.93. The number of hydrogen-bond donors (Lipinski definition) is 1. The summed E-state index contributed by atoms with van der Waals surface area (Å²) < 4.78 is 22.4. The van der Waals surface area contributed by atoms with Crippen LogP contribution in [0.3, 0.4) is 0 Å². The normalized spacial score (nSPS) is 12.9. The van der Waals surface area contributed by atoms with Gasteiger partial charge in [0.05, 0.1) is 35.2 Å². The summed E-state index contributed by atoms with van der Waals surface area (Å²) in [7, 11) is 0. The highest BCUT2D eigenvalue weighted by Gasteiger charge is 2.28. The van der Waals surface area contributed by atoms with E-state index in [0.717, 1.165) is 5.56 Å². The molecule has 0 aliphatic carbocycles. The summed E-state index contributed by atoms with van der Waals surface area (Å²) in [6.45, 7) is 10.1. The number of nitrogens with zero attached hydrogens (tertiary/aromatic N) is 1. The SMILES string of the molecule is CCOc1cc(Cc2cccc(Cl)c2F)cc2c(=O)c(C)cn([C@H](CO)C(C)(C)C)c12. The minimum Gasteiger partial charge on any atom is -0.492 e. The second-order valence-corrected chi connectivity index (χ2v) is 9.33. The Kier molecular flexibility index (Phi) is 6.77. The molecule has 0 amide bonds. The Morgan fingerprint density at radius 3 is 2.58 bits per heavy atom. The van der Waals surface area contributed by atoms with Gasteiger partial charge in [-0.3, -0.25) is 4.79 Å². The maximum Gasteiger partial charge on any atom is 0.192 e. The minimum atomic E-state index is -0.461. The molecule has 2 aromatic carbocycles. The van der Waals surface area contributed by atoms with Crippen LogP contribution in [0.4, 0.5) is 4.39 Å². The first-order chi connectivity index (χ1) is 14.6. The van der Waals surface area contributed by atoms with Gasteiger partial charge < -0.3 is 14.4 Å². The highest BCUT2D eigenvalue weighted by atomic mass is 35.5. The van der Waals surface area contributed by atoms with Crippen molar-refractivity contribution in [2.45, 2.75) is 47.1 Å². The van der Waals surface area contributed by atoms with Crippen LogP contribution in [0.15, 0.2) is 41.3 Å². The Morgan fingerprint density at radius 1 is 1.26 bits per heavy atom. The predicted octanol–water partition coefficient (Wildman–Crippen LogP) is 5.67. The number of aromatic nitrogens is 1. The third-order valence-electron chi connectivity index (χ3n) is 5.56. The summed E-state index contributed by atoms with van der Waals surface area (Å²) in [6, 6.07) is 8.27. The van der Waals surface area contributed by atoms with Gasteiger partial charge >= 0.3 is 0 Å². The quantitative estimate of drug-likeness (QED) is 0.531. The Hall–Kier alpha value is -2.37. The summed E-state index contributed by atoms with van der Waals surface area (Å²) >= 11 is 5.94. The maximum absolute atomic E-state index is 14.5. The highest BCUT2D eigenvalue weighted by molar-refractivity contribution is 6.30. The van der Waals surface area contributed by atoms with E-state index in [4.69, 9.17) is 16.3 Å². The monoisotopic (exact) mass is 445 g/mol. The molecule has 1 N–H and O–H groups in total. The number of halogens is 2. The van der Waals surface area contributed by atoms with E-state index in [9.17, 15) is 14.3 Å². The average molecular weight is 446 g/mol. The van der Waals surface area contributed by atoms with Gasteiger partial charge in [-0.15, -0.1) is 0 Å². The molecule has 0 bridgehead atoms. The molecule has 0 aliphatic rings. The molecule has 1 heterocycles. The summed E-state index contributed by atoms with van der Waals surface area (Å²) in [5.41, 5.74) is 2.06. The number of aliphatic hydroxyl groups is 1. The van der Waals surface area contributed by atoms with Crippen LogP contribution in [0, 0.1) is 18.2 Å². The fourth-order valence-electron chi connectivity index (χ4n) is 3.95. The molecule has 3 aromatic rings. The van der Waals surface area contributed by atoms with Crippen molar-refractivity contribution in [2.75, 3.05) is 13.2 Å². The van der Waals surface area contributed by atoms with Gasteiger partial charge in [0.1, 0.15) is 11.6 Å². The van der Waals surface area contributed by atoms with E-state index in [2.05, 4.69) is 0 Å². The van der Waals surface area contributed by atoms with Gasteiger partial charge in [0, 0.05) is 18.2 Å². The third kappa shape index (κ3) is 4.63. The topological polar surface area (TPSA) is 51.5 Å². The molecule has 6 heteroatoms. The van der Waals surface area contributed by atoms with Crippen molar-refractivity contribution in [3.05, 3.63) is 74.3 Å². The standard InChI is InChI=1S/C25H29ClFNO3/c1-6-31-20-12-16(10-17-8-7-9-19(26)22(17)27)11-18-23(20)28(13-15(2)24(18)30)21(14-29)25(3,4)5/h7-9,11-13,21,29H,6,10,14H2,1-5H3/t21-/m1/s1. The van der Waals surface area contributed by atoms with Crippen LogP contribution in [0.2, 0.25) is 5.02 Å². The van der Waals surface area contributed by atoms with E-state index in [-0.39, 0.29) is 34.9 Å². The number of aliphatic hydroxyl groups excluding tert-OH is 1. The van der Waals surface area contributed by atoms with E-state index >= 15 is 0 Å². The van der Waals surface area contributed by atoms with E-state index in [0.29, 0.717) is 34.4 Å². The van der Waals surface area contributed by atoms with E-state index in [1.165, 1.54) is 6.07 Å². The number of rotatable bonds is 6. The largest absolute Gasteiger partial charge is 0.492 e. The summed E-state index contributed by atoms with van der Waals surface area (Å²) in [6.07, 6.45) is 2.06. The van der Waals surface area contributed by atoms with E-state index < -0.39 is 5.82 Å². The smallest absolute Gasteiger partial charge is 0.192 e. The fraction of sp³-hybridized carbons (Fsp3) is 0.400. The number of benzene rings is 2. The predicted molar refractivity (Wildman–Crippen MR) is 124 cm³/mol. The summed E-state index contributed by atoms with van der Waals surface area (Å²) in [5, 5.41) is 10.7. The first-order valence-electron chi connectivity index (χ1n) is 10.4. The maximum atomic E-state index is 14.5. The minimum absolute atomic E-state index is 0.0671. The first kappa shape index (κ1) is 23.3. The zero-order valence-corrected chi connectivity index (χ0v) is 19.4. The molecule has 0 fully saturated rings. The van der Waals surface area contributed by atoms with Gasteiger partial charge in [-0.1, -0.05) is 44.5 Å². The van der Waals surface area contributed by atoms with Crippen LogP contribution < -0.4 is 10.2 Å². The van der Waals surface area contributed by atoms with Gasteiger partial charge in [0.25, 0.3) is 0 Å². The van der Waals surface area contributed by atoms with Crippen molar-refractivity contribution in [1.82, 2.24) is 4.57 Å². The lowest BCUT2D eigenvalue weighted by Gasteiger charge is -2.33. The van der Waals surface area contributed by atoms with Gasteiger partial charge in [-0.25, -0.2) is 4.39 Å². The lowest BCUT2D eigenvalue weighted by Crippen LogP contribution is -2.29. The van der Waals surface area contributed by atoms with E-state index in [1.54, 1.807) is 31.3 Å². The molecule has 3 rings (SSSR count). The number of pyridine rings is 1. The van der Waals surface area contributed by atoms with Crippen LogP contribution in [-0.2, 0) is 6.42 Å². The lowest BCUT2D eigenvalue weighted by molar-refractivity contribution is 0.139. The molecule has 31 heavy (non-hydrogen) atoms. The van der Waals surface area contributed by atoms with Crippen LogP contribution in [0.25, 0.3) is 10.9 Å². The molecule has 0 unspecified atom stereocenters. The Bertz CT molecular complexity index is 1160. The van der Waals surface area contributed by atoms with Gasteiger partial charge in [-0.05, 0) is 48.6 Å². The average Bonchev–Trinajstić information content (AvgIpc) is 2.69.